The molecule has 6 nitrogen and oxygen atoms in total. The van der Waals surface area contributed by atoms with Crippen LogP contribution in [0, 0.1) is 0 Å². The van der Waals surface area contributed by atoms with Gasteiger partial charge in [0.1, 0.15) is 4.88 Å². The predicted octanol–water partition coefficient (Wildman–Crippen LogP) is 3.97. The number of esters is 1. The summed E-state index contributed by atoms with van der Waals surface area (Å²) in [7, 11) is 3.04. The van der Waals surface area contributed by atoms with Gasteiger partial charge in [-0.15, -0.1) is 11.3 Å². The third-order valence-electron chi connectivity index (χ3n) is 4.24. The summed E-state index contributed by atoms with van der Waals surface area (Å²) in [6.45, 7) is 5.80. The van der Waals surface area contributed by atoms with Gasteiger partial charge >= 0.3 is 5.97 Å². The summed E-state index contributed by atoms with van der Waals surface area (Å²) in [6, 6.07) is 8.42. The number of carbonyl (C=O) groups excluding carboxylic acids is 2. The Balaban J connectivity index is 2.36. The zero-order valence-corrected chi connectivity index (χ0v) is 17.0. The molecule has 1 aromatic heterocycles. The first-order valence-electron chi connectivity index (χ1n) is 8.59. The van der Waals surface area contributed by atoms with Crippen molar-refractivity contribution in [3.63, 3.8) is 0 Å². The van der Waals surface area contributed by atoms with Gasteiger partial charge in [0.2, 0.25) is 6.10 Å². The zero-order valence-electron chi connectivity index (χ0n) is 16.2. The molecule has 0 radical (unpaired) electrons. The van der Waals surface area contributed by atoms with Crippen molar-refractivity contribution in [3.8, 4) is 11.5 Å². The number of methoxy groups -OCH3 is 2. The number of thiophene rings is 1. The van der Waals surface area contributed by atoms with Crippen molar-refractivity contribution in [1.82, 2.24) is 5.32 Å². The van der Waals surface area contributed by atoms with Crippen molar-refractivity contribution in [3.05, 3.63) is 46.2 Å². The highest BCUT2D eigenvalue weighted by molar-refractivity contribution is 7.11. The van der Waals surface area contributed by atoms with Crippen LogP contribution in [-0.2, 0) is 9.53 Å². The maximum Gasteiger partial charge on any atom is 0.349 e. The fraction of sp³-hybridized carbons (Fsp3) is 0.400. The Hall–Kier alpha value is -2.54. The molecule has 2 aromatic rings. The molecule has 7 heteroatoms. The summed E-state index contributed by atoms with van der Waals surface area (Å²) in [6.07, 6.45) is -0.374. The summed E-state index contributed by atoms with van der Waals surface area (Å²) < 4.78 is 16.1. The van der Waals surface area contributed by atoms with Crippen LogP contribution < -0.4 is 14.8 Å². The molecule has 0 aliphatic carbocycles. The highest BCUT2D eigenvalue weighted by Crippen LogP contribution is 2.32. The number of amides is 1. The number of rotatable bonds is 8. The number of hydrogen-bond acceptors (Lipinski definition) is 6. The first kappa shape index (κ1) is 20.8. The van der Waals surface area contributed by atoms with E-state index in [1.165, 1.54) is 25.6 Å². The highest BCUT2D eigenvalue weighted by atomic mass is 32.1. The minimum atomic E-state index is -1.11. The van der Waals surface area contributed by atoms with Crippen LogP contribution in [0.15, 0.2) is 35.7 Å². The zero-order chi connectivity index (χ0) is 20.0. The van der Waals surface area contributed by atoms with Gasteiger partial charge in [-0.05, 0) is 43.8 Å². The molecule has 1 atom stereocenters. The normalized spacial score (nSPS) is 12.2. The van der Waals surface area contributed by atoms with Crippen LogP contribution in [0.3, 0.4) is 0 Å². The number of ether oxygens (including phenoxy) is 3. The van der Waals surface area contributed by atoms with E-state index >= 15 is 0 Å². The van der Waals surface area contributed by atoms with Crippen LogP contribution >= 0.6 is 11.3 Å². The Morgan fingerprint density at radius 1 is 1.15 bits per heavy atom. The lowest BCUT2D eigenvalue weighted by molar-refractivity contribution is -0.132. The maximum absolute atomic E-state index is 12.9. The molecule has 0 fully saturated rings. The molecular formula is C20H25NO5S. The van der Waals surface area contributed by atoms with Crippen LogP contribution in [0.1, 0.15) is 48.5 Å². The minimum Gasteiger partial charge on any atom is -0.493 e. The van der Waals surface area contributed by atoms with Gasteiger partial charge in [-0.3, -0.25) is 4.79 Å². The van der Waals surface area contributed by atoms with Crippen LogP contribution in [0.25, 0.3) is 0 Å². The van der Waals surface area contributed by atoms with E-state index in [0.717, 1.165) is 6.42 Å². The van der Waals surface area contributed by atoms with Crippen LogP contribution in [0.5, 0.6) is 11.5 Å². The molecule has 0 unspecified atom stereocenters. The molecule has 0 bridgehead atoms. The second-order valence-corrected chi connectivity index (χ2v) is 7.55. The number of nitrogens with one attached hydrogen (secondary N) is 1. The van der Waals surface area contributed by atoms with E-state index in [1.807, 2.05) is 20.8 Å². The molecule has 1 aromatic carbocycles. The third-order valence-corrected chi connectivity index (χ3v) is 5.09. The number of hydrogen-bond donors (Lipinski definition) is 1. The molecule has 27 heavy (non-hydrogen) atoms. The first-order chi connectivity index (χ1) is 12.8. The van der Waals surface area contributed by atoms with E-state index in [4.69, 9.17) is 14.2 Å². The monoisotopic (exact) mass is 391 g/mol. The summed E-state index contributed by atoms with van der Waals surface area (Å²) in [5.41, 5.74) is 0.0725. The van der Waals surface area contributed by atoms with Gasteiger partial charge in [-0.25, -0.2) is 4.79 Å². The average Bonchev–Trinajstić information content (AvgIpc) is 3.19. The Bertz CT molecular complexity index is 786. The van der Waals surface area contributed by atoms with Crippen molar-refractivity contribution in [2.45, 2.75) is 38.8 Å². The Morgan fingerprint density at radius 3 is 2.41 bits per heavy atom. The van der Waals surface area contributed by atoms with Gasteiger partial charge in [0.25, 0.3) is 5.91 Å². The summed E-state index contributed by atoms with van der Waals surface area (Å²) in [5.74, 6) is 0.0434. The standard InChI is InChI=1S/C20H25NO5S/c1-6-20(2,3)21-18(22)17(26-19(23)16-8-7-11-27-16)13-9-10-14(24-4)15(12-13)25-5/h7-12,17H,6H2,1-5H3,(H,21,22)/t17-/m0/s1. The average molecular weight is 391 g/mol. The molecule has 1 amide bonds. The lowest BCUT2D eigenvalue weighted by Crippen LogP contribution is -2.45. The van der Waals surface area contributed by atoms with E-state index < -0.39 is 17.6 Å². The van der Waals surface area contributed by atoms with Crippen molar-refractivity contribution >= 4 is 23.2 Å². The molecule has 0 aliphatic heterocycles. The number of benzene rings is 1. The van der Waals surface area contributed by atoms with Crippen molar-refractivity contribution in [2.75, 3.05) is 14.2 Å². The Kier molecular flexibility index (Phi) is 6.85. The first-order valence-corrected chi connectivity index (χ1v) is 9.47. The fourth-order valence-corrected chi connectivity index (χ4v) is 2.94. The highest BCUT2D eigenvalue weighted by Gasteiger charge is 2.30. The fourth-order valence-electron chi connectivity index (χ4n) is 2.34. The van der Waals surface area contributed by atoms with Crippen molar-refractivity contribution in [2.24, 2.45) is 0 Å². The molecule has 0 spiro atoms. The van der Waals surface area contributed by atoms with Gasteiger partial charge in [0.15, 0.2) is 11.5 Å². The quantitative estimate of drug-likeness (QED) is 0.689. The van der Waals surface area contributed by atoms with E-state index in [2.05, 4.69) is 5.32 Å². The molecule has 0 aliphatic rings. The van der Waals surface area contributed by atoms with Crippen molar-refractivity contribution < 1.29 is 23.8 Å². The van der Waals surface area contributed by atoms with Crippen LogP contribution in [0.4, 0.5) is 0 Å². The van der Waals surface area contributed by atoms with E-state index in [9.17, 15) is 9.59 Å². The third kappa shape index (κ3) is 5.23. The van der Waals surface area contributed by atoms with Gasteiger partial charge in [-0.2, -0.15) is 0 Å². The second-order valence-electron chi connectivity index (χ2n) is 6.60. The largest absolute Gasteiger partial charge is 0.493 e. The lowest BCUT2D eigenvalue weighted by atomic mass is 10.0. The van der Waals surface area contributed by atoms with Crippen molar-refractivity contribution in [1.29, 1.82) is 0 Å². The summed E-state index contributed by atoms with van der Waals surface area (Å²) in [5, 5.41) is 4.72. The number of carbonyl (C=O) groups is 2. The molecule has 146 valence electrons. The maximum atomic E-state index is 12.9. The Morgan fingerprint density at radius 2 is 1.85 bits per heavy atom. The van der Waals surface area contributed by atoms with E-state index in [1.54, 1.807) is 35.7 Å². The SMILES string of the molecule is CCC(C)(C)NC(=O)[C@@H](OC(=O)c1cccs1)c1ccc(OC)c(OC)c1. The summed E-state index contributed by atoms with van der Waals surface area (Å²) >= 11 is 1.26. The summed E-state index contributed by atoms with van der Waals surface area (Å²) in [4.78, 5) is 25.8. The molecule has 2 rings (SSSR count). The van der Waals surface area contributed by atoms with Crippen LogP contribution in [0.2, 0.25) is 0 Å². The van der Waals surface area contributed by atoms with E-state index in [-0.39, 0.29) is 5.91 Å². The molecule has 1 heterocycles. The van der Waals surface area contributed by atoms with Gasteiger partial charge < -0.3 is 19.5 Å². The minimum absolute atomic E-state index is 0.390. The smallest absolute Gasteiger partial charge is 0.349 e. The van der Waals surface area contributed by atoms with Crippen LogP contribution in [-0.4, -0.2) is 31.6 Å². The molecular weight excluding hydrogens is 366 g/mol. The lowest BCUT2D eigenvalue weighted by Gasteiger charge is -2.27. The second kappa shape index (κ2) is 8.90. The Labute approximate surface area is 163 Å². The molecule has 1 N–H and O–H groups in total. The molecule has 0 saturated carbocycles. The van der Waals surface area contributed by atoms with E-state index in [0.29, 0.717) is 21.9 Å². The van der Waals surface area contributed by atoms with Gasteiger partial charge in [-0.1, -0.05) is 19.1 Å². The van der Waals surface area contributed by atoms with Gasteiger partial charge in [0.05, 0.1) is 14.2 Å². The molecule has 0 saturated heterocycles. The predicted molar refractivity (Wildman–Crippen MR) is 105 cm³/mol. The van der Waals surface area contributed by atoms with Gasteiger partial charge in [0, 0.05) is 11.1 Å². The topological polar surface area (TPSA) is 73.9 Å².